The molecule has 1 heterocycles. The van der Waals surface area contributed by atoms with Crippen molar-refractivity contribution in [1.29, 1.82) is 0 Å². The molecule has 0 bridgehead atoms. The van der Waals surface area contributed by atoms with Crippen LogP contribution in [0.2, 0.25) is 0 Å². The van der Waals surface area contributed by atoms with Crippen LogP contribution in [-0.2, 0) is 11.3 Å². The van der Waals surface area contributed by atoms with Gasteiger partial charge in [-0.1, -0.05) is 37.6 Å². The van der Waals surface area contributed by atoms with Crippen LogP contribution < -0.4 is 5.32 Å². The van der Waals surface area contributed by atoms with Crippen molar-refractivity contribution in [3.05, 3.63) is 42.1 Å². The number of carboxylic acid groups (broad SMARTS) is 1. The Bertz CT molecular complexity index is 612. The first-order valence-corrected chi connectivity index (χ1v) is 6.88. The Balaban J connectivity index is 2.13. The normalized spacial score (nSPS) is 14.1. The van der Waals surface area contributed by atoms with Gasteiger partial charge < -0.3 is 5.11 Å². The summed E-state index contributed by atoms with van der Waals surface area (Å²) >= 11 is 0. The molecule has 0 saturated heterocycles. The van der Waals surface area contributed by atoms with Gasteiger partial charge in [-0.25, -0.2) is 0 Å². The summed E-state index contributed by atoms with van der Waals surface area (Å²) < 4.78 is 0. The van der Waals surface area contributed by atoms with Crippen LogP contribution in [0.4, 0.5) is 0 Å². The van der Waals surface area contributed by atoms with Crippen molar-refractivity contribution in [1.82, 2.24) is 10.3 Å². The first-order valence-electron chi connectivity index (χ1n) is 6.88. The van der Waals surface area contributed by atoms with Crippen LogP contribution in [-0.4, -0.2) is 21.6 Å². The number of fused-ring (bicyclic) bond motifs is 1. The molecule has 0 fully saturated rings. The van der Waals surface area contributed by atoms with Gasteiger partial charge in [-0.3, -0.25) is 15.1 Å². The first-order chi connectivity index (χ1) is 9.55. The molecule has 1 unspecified atom stereocenters. The molecule has 1 atom stereocenters. The fraction of sp³-hybridized carbons (Fsp3) is 0.375. The quantitative estimate of drug-likeness (QED) is 0.848. The molecule has 20 heavy (non-hydrogen) atoms. The van der Waals surface area contributed by atoms with Gasteiger partial charge in [0.05, 0.1) is 11.2 Å². The summed E-state index contributed by atoms with van der Waals surface area (Å²) in [5.74, 6) is -0.819. The molecule has 4 heteroatoms. The number of aromatic nitrogens is 1. The van der Waals surface area contributed by atoms with Gasteiger partial charge in [-0.15, -0.1) is 0 Å². The van der Waals surface area contributed by atoms with Crippen LogP contribution in [0.3, 0.4) is 0 Å². The fourth-order valence-electron chi connectivity index (χ4n) is 2.26. The van der Waals surface area contributed by atoms with Gasteiger partial charge in [-0.2, -0.15) is 0 Å². The molecule has 0 spiro atoms. The van der Waals surface area contributed by atoms with E-state index in [9.17, 15) is 9.90 Å². The van der Waals surface area contributed by atoms with Crippen molar-refractivity contribution in [3.8, 4) is 0 Å². The number of rotatable bonds is 6. The van der Waals surface area contributed by atoms with Crippen LogP contribution in [0.25, 0.3) is 10.9 Å². The van der Waals surface area contributed by atoms with Crippen LogP contribution in [0.5, 0.6) is 0 Å². The predicted octanol–water partition coefficient (Wildman–Crippen LogP) is 2.97. The van der Waals surface area contributed by atoms with Gasteiger partial charge in [-0.05, 0) is 25.5 Å². The lowest BCUT2D eigenvalue weighted by atomic mass is 9.96. The minimum atomic E-state index is -0.901. The second kappa shape index (κ2) is 6.01. The molecular weight excluding hydrogens is 252 g/mol. The van der Waals surface area contributed by atoms with E-state index in [0.717, 1.165) is 23.0 Å². The van der Waals surface area contributed by atoms with Crippen LogP contribution in [0.1, 0.15) is 32.4 Å². The summed E-state index contributed by atoms with van der Waals surface area (Å²) in [6, 6.07) is 11.8. The highest BCUT2D eigenvalue weighted by molar-refractivity contribution is 5.79. The summed E-state index contributed by atoms with van der Waals surface area (Å²) in [4.78, 5) is 15.9. The van der Waals surface area contributed by atoms with Crippen LogP contribution in [0, 0.1) is 0 Å². The maximum absolute atomic E-state index is 11.4. The Labute approximate surface area is 118 Å². The number of benzene rings is 1. The van der Waals surface area contributed by atoms with Crippen molar-refractivity contribution in [2.45, 2.75) is 38.8 Å². The molecular formula is C16H20N2O2. The molecule has 0 aliphatic rings. The largest absolute Gasteiger partial charge is 0.480 e. The van der Waals surface area contributed by atoms with E-state index in [-0.39, 0.29) is 0 Å². The summed E-state index contributed by atoms with van der Waals surface area (Å²) in [6.45, 7) is 4.16. The zero-order chi connectivity index (χ0) is 14.6. The van der Waals surface area contributed by atoms with Gasteiger partial charge in [0.25, 0.3) is 0 Å². The number of carboxylic acids is 1. The summed E-state index contributed by atoms with van der Waals surface area (Å²) in [7, 11) is 0. The minimum absolute atomic E-state index is 0.452. The highest BCUT2D eigenvalue weighted by Crippen LogP contribution is 2.15. The number of aliphatic carboxylic acids is 1. The zero-order valence-corrected chi connectivity index (χ0v) is 11.9. The van der Waals surface area contributed by atoms with Crippen molar-refractivity contribution in [2.75, 3.05) is 0 Å². The maximum atomic E-state index is 11.4. The lowest BCUT2D eigenvalue weighted by Crippen LogP contribution is -2.49. The highest BCUT2D eigenvalue weighted by Gasteiger charge is 2.31. The molecule has 4 nitrogen and oxygen atoms in total. The van der Waals surface area contributed by atoms with E-state index in [1.807, 2.05) is 43.3 Å². The Kier molecular flexibility index (Phi) is 4.35. The van der Waals surface area contributed by atoms with E-state index in [0.29, 0.717) is 13.0 Å². The molecule has 1 aromatic heterocycles. The van der Waals surface area contributed by atoms with E-state index >= 15 is 0 Å². The number of nitrogens with zero attached hydrogens (tertiary/aromatic N) is 1. The van der Waals surface area contributed by atoms with Gasteiger partial charge in [0, 0.05) is 11.9 Å². The minimum Gasteiger partial charge on any atom is -0.480 e. The monoisotopic (exact) mass is 272 g/mol. The van der Waals surface area contributed by atoms with Crippen molar-refractivity contribution in [2.24, 2.45) is 0 Å². The molecule has 0 saturated carbocycles. The number of nitrogens with one attached hydrogen (secondary N) is 1. The van der Waals surface area contributed by atoms with E-state index in [2.05, 4.69) is 10.3 Å². The van der Waals surface area contributed by atoms with E-state index < -0.39 is 11.5 Å². The third-order valence-electron chi connectivity index (χ3n) is 3.54. The fourth-order valence-corrected chi connectivity index (χ4v) is 2.26. The SMILES string of the molecule is CCCC(C)(NCc1ccc2ccccc2n1)C(=O)O. The molecule has 2 rings (SSSR count). The summed E-state index contributed by atoms with van der Waals surface area (Å²) in [6.07, 6.45) is 1.41. The standard InChI is InChI=1S/C16H20N2O2/c1-3-10-16(2,15(19)20)17-11-13-9-8-12-6-4-5-7-14(12)18-13/h4-9,17H,3,10-11H2,1-2H3,(H,19,20). The third kappa shape index (κ3) is 3.14. The first kappa shape index (κ1) is 14.5. The molecule has 0 aliphatic heterocycles. The van der Waals surface area contributed by atoms with Gasteiger partial charge >= 0.3 is 5.97 Å². The van der Waals surface area contributed by atoms with E-state index in [1.54, 1.807) is 6.92 Å². The van der Waals surface area contributed by atoms with Gasteiger partial charge in [0.1, 0.15) is 5.54 Å². The Morgan fingerprint density at radius 3 is 2.75 bits per heavy atom. The zero-order valence-electron chi connectivity index (χ0n) is 11.9. The lowest BCUT2D eigenvalue weighted by molar-refractivity contribution is -0.144. The molecule has 0 radical (unpaired) electrons. The van der Waals surface area contributed by atoms with Crippen molar-refractivity contribution < 1.29 is 9.90 Å². The topological polar surface area (TPSA) is 62.2 Å². The second-order valence-electron chi connectivity index (χ2n) is 5.24. The average Bonchev–Trinajstić information content (AvgIpc) is 2.45. The van der Waals surface area contributed by atoms with Crippen LogP contribution >= 0.6 is 0 Å². The number of hydrogen-bond acceptors (Lipinski definition) is 3. The molecule has 1 aromatic carbocycles. The molecule has 0 aliphatic carbocycles. The molecule has 106 valence electrons. The summed E-state index contributed by atoms with van der Waals surface area (Å²) in [5.41, 5.74) is 0.883. The smallest absolute Gasteiger partial charge is 0.323 e. The Hall–Kier alpha value is -1.94. The van der Waals surface area contributed by atoms with Crippen molar-refractivity contribution >= 4 is 16.9 Å². The number of carbonyl (C=O) groups is 1. The molecule has 0 amide bonds. The molecule has 2 aromatic rings. The van der Waals surface area contributed by atoms with Gasteiger partial charge in [0.2, 0.25) is 0 Å². The summed E-state index contributed by atoms with van der Waals surface area (Å²) in [5, 5.41) is 13.5. The number of para-hydroxylation sites is 1. The Morgan fingerprint density at radius 1 is 1.30 bits per heavy atom. The average molecular weight is 272 g/mol. The van der Waals surface area contributed by atoms with E-state index in [1.165, 1.54) is 0 Å². The second-order valence-corrected chi connectivity index (χ2v) is 5.24. The lowest BCUT2D eigenvalue weighted by Gasteiger charge is -2.25. The van der Waals surface area contributed by atoms with Crippen molar-refractivity contribution in [3.63, 3.8) is 0 Å². The Morgan fingerprint density at radius 2 is 2.05 bits per heavy atom. The van der Waals surface area contributed by atoms with E-state index in [4.69, 9.17) is 0 Å². The molecule has 2 N–H and O–H groups in total. The number of pyridine rings is 1. The highest BCUT2D eigenvalue weighted by atomic mass is 16.4. The number of hydrogen-bond donors (Lipinski definition) is 2. The van der Waals surface area contributed by atoms with Crippen LogP contribution in [0.15, 0.2) is 36.4 Å². The third-order valence-corrected chi connectivity index (χ3v) is 3.54. The van der Waals surface area contributed by atoms with Gasteiger partial charge in [0.15, 0.2) is 0 Å². The predicted molar refractivity (Wildman–Crippen MR) is 79.5 cm³/mol. The maximum Gasteiger partial charge on any atom is 0.323 e.